The average Bonchev–Trinajstić information content (AvgIpc) is 2.30. The standard InChI is InChI=1S/C7H16.2C4H9.Mg/c1-3-5-7-6-4-2;2*1-3-4-2;/h3-7H2,1-2H3;2*1,3-4H2,2H3;/q;2*-1;+2. The number of hydrogen-bond donors (Lipinski definition) is 0. The third-order valence-electron chi connectivity index (χ3n) is 1.91. The zero-order valence-electron chi connectivity index (χ0n) is 12.5. The molecule has 0 N–H and O–H groups in total. The van der Waals surface area contributed by atoms with Gasteiger partial charge in [0, 0.05) is 0 Å². The van der Waals surface area contributed by atoms with E-state index in [-0.39, 0.29) is 23.1 Å². The van der Waals surface area contributed by atoms with Gasteiger partial charge in [-0.1, -0.05) is 72.6 Å². The van der Waals surface area contributed by atoms with Crippen LogP contribution in [-0.4, -0.2) is 23.1 Å². The first kappa shape index (κ1) is 25.6. The molecular weight excluding hydrogens is 204 g/mol. The topological polar surface area (TPSA) is 0 Å². The number of unbranched alkanes of at least 4 members (excludes halogenated alkanes) is 6. The summed E-state index contributed by atoms with van der Waals surface area (Å²) in [6.07, 6.45) is 11.6. The van der Waals surface area contributed by atoms with E-state index in [9.17, 15) is 0 Å². The molecule has 0 amide bonds. The van der Waals surface area contributed by atoms with E-state index in [2.05, 4.69) is 41.5 Å². The maximum absolute atomic E-state index is 3.60. The summed E-state index contributed by atoms with van der Waals surface area (Å²) in [6, 6.07) is 0. The molecule has 0 nitrogen and oxygen atoms in total. The summed E-state index contributed by atoms with van der Waals surface area (Å²) in [7, 11) is 0. The molecule has 0 heterocycles. The average molecular weight is 239 g/mol. The molecule has 96 valence electrons. The molecule has 0 aromatic rings. The number of hydrogen-bond acceptors (Lipinski definition) is 0. The molecule has 0 aromatic carbocycles. The molecular formula is C15H34Mg. The van der Waals surface area contributed by atoms with Crippen LogP contribution >= 0.6 is 0 Å². The quantitative estimate of drug-likeness (QED) is 0.310. The minimum absolute atomic E-state index is 0. The predicted octanol–water partition coefficient (Wildman–Crippen LogP) is 5.84. The van der Waals surface area contributed by atoms with Gasteiger partial charge in [0.1, 0.15) is 0 Å². The van der Waals surface area contributed by atoms with Gasteiger partial charge in [0.25, 0.3) is 0 Å². The Hall–Kier alpha value is 0.766. The molecule has 0 saturated carbocycles. The van der Waals surface area contributed by atoms with Crippen molar-refractivity contribution in [1.29, 1.82) is 0 Å². The van der Waals surface area contributed by atoms with Crippen molar-refractivity contribution in [1.82, 2.24) is 0 Å². The maximum atomic E-state index is 3.60. The summed E-state index contributed by atoms with van der Waals surface area (Å²) in [4.78, 5) is 0. The van der Waals surface area contributed by atoms with E-state index < -0.39 is 0 Å². The van der Waals surface area contributed by atoms with Crippen molar-refractivity contribution < 1.29 is 0 Å². The van der Waals surface area contributed by atoms with E-state index in [4.69, 9.17) is 0 Å². The molecule has 0 rings (SSSR count). The monoisotopic (exact) mass is 238 g/mol. The zero-order valence-corrected chi connectivity index (χ0v) is 13.9. The first-order valence-corrected chi connectivity index (χ1v) is 6.83. The molecule has 0 unspecified atom stereocenters. The van der Waals surface area contributed by atoms with E-state index >= 15 is 0 Å². The van der Waals surface area contributed by atoms with Crippen molar-refractivity contribution in [2.75, 3.05) is 0 Å². The van der Waals surface area contributed by atoms with Crippen molar-refractivity contribution in [3.05, 3.63) is 13.8 Å². The van der Waals surface area contributed by atoms with E-state index in [0.717, 1.165) is 12.8 Å². The molecule has 0 aromatic heterocycles. The fourth-order valence-corrected chi connectivity index (χ4v) is 0.677. The Morgan fingerprint density at radius 1 is 0.562 bits per heavy atom. The maximum Gasteiger partial charge on any atom is 2.00 e. The van der Waals surface area contributed by atoms with E-state index in [1.165, 1.54) is 44.9 Å². The molecule has 0 fully saturated rings. The smallest absolute Gasteiger partial charge is 0.343 e. The second-order valence-corrected chi connectivity index (χ2v) is 3.77. The fraction of sp³-hybridized carbons (Fsp3) is 0.867. The molecule has 16 heavy (non-hydrogen) atoms. The van der Waals surface area contributed by atoms with E-state index in [0.29, 0.717) is 0 Å². The first-order valence-electron chi connectivity index (χ1n) is 6.83. The van der Waals surface area contributed by atoms with Crippen LogP contribution in [0.4, 0.5) is 0 Å². The minimum Gasteiger partial charge on any atom is -0.343 e. The van der Waals surface area contributed by atoms with Crippen LogP contribution in [0.1, 0.15) is 85.5 Å². The van der Waals surface area contributed by atoms with Crippen LogP contribution < -0.4 is 0 Å². The molecule has 0 saturated heterocycles. The van der Waals surface area contributed by atoms with Crippen LogP contribution in [0.3, 0.4) is 0 Å². The van der Waals surface area contributed by atoms with Crippen LogP contribution in [0.15, 0.2) is 0 Å². The summed E-state index contributed by atoms with van der Waals surface area (Å²) in [5.41, 5.74) is 0. The van der Waals surface area contributed by atoms with Gasteiger partial charge in [-0.15, -0.1) is 0 Å². The summed E-state index contributed by atoms with van der Waals surface area (Å²) in [6.45, 7) is 15.9. The molecule has 0 aliphatic carbocycles. The van der Waals surface area contributed by atoms with Crippen LogP contribution in [-0.2, 0) is 0 Å². The molecule has 0 radical (unpaired) electrons. The van der Waals surface area contributed by atoms with Gasteiger partial charge in [0.15, 0.2) is 0 Å². The molecule has 1 heteroatoms. The first-order chi connectivity index (χ1) is 7.24. The number of rotatable bonds is 6. The Bertz CT molecular complexity index is 50.5. The third-order valence-corrected chi connectivity index (χ3v) is 1.91. The van der Waals surface area contributed by atoms with E-state index in [1.807, 2.05) is 0 Å². The van der Waals surface area contributed by atoms with Crippen LogP contribution in [0.25, 0.3) is 0 Å². The second kappa shape index (κ2) is 36.0. The second-order valence-electron chi connectivity index (χ2n) is 3.77. The molecule has 0 aliphatic heterocycles. The van der Waals surface area contributed by atoms with Crippen molar-refractivity contribution in [2.45, 2.75) is 85.5 Å². The molecule has 0 bridgehead atoms. The van der Waals surface area contributed by atoms with Crippen molar-refractivity contribution in [3.63, 3.8) is 0 Å². The minimum atomic E-state index is 0. The van der Waals surface area contributed by atoms with E-state index in [1.54, 1.807) is 0 Å². The Morgan fingerprint density at radius 2 is 0.812 bits per heavy atom. The molecule has 0 spiro atoms. The Balaban J connectivity index is -0.0000000700. The van der Waals surface area contributed by atoms with Crippen LogP contribution in [0.5, 0.6) is 0 Å². The van der Waals surface area contributed by atoms with Gasteiger partial charge in [0.2, 0.25) is 0 Å². The summed E-state index contributed by atoms with van der Waals surface area (Å²) >= 11 is 0. The van der Waals surface area contributed by atoms with Crippen LogP contribution in [0, 0.1) is 13.8 Å². The predicted molar refractivity (Wildman–Crippen MR) is 80.7 cm³/mol. The van der Waals surface area contributed by atoms with Gasteiger partial charge in [0.05, 0.1) is 0 Å². The van der Waals surface area contributed by atoms with Gasteiger partial charge in [-0.2, -0.15) is 12.8 Å². The normalized spacial score (nSPS) is 7.88. The third kappa shape index (κ3) is 61.1. The largest absolute Gasteiger partial charge is 2.00 e. The van der Waals surface area contributed by atoms with Crippen molar-refractivity contribution in [2.24, 2.45) is 0 Å². The van der Waals surface area contributed by atoms with Crippen molar-refractivity contribution in [3.8, 4) is 0 Å². The van der Waals surface area contributed by atoms with Crippen LogP contribution in [0.2, 0.25) is 0 Å². The summed E-state index contributed by atoms with van der Waals surface area (Å²) in [5, 5.41) is 0. The van der Waals surface area contributed by atoms with Gasteiger partial charge in [-0.3, -0.25) is 0 Å². The van der Waals surface area contributed by atoms with Gasteiger partial charge in [-0.25, -0.2) is 0 Å². The van der Waals surface area contributed by atoms with Gasteiger partial charge < -0.3 is 13.8 Å². The molecule has 0 atom stereocenters. The SMILES string of the molecule is CCCCCCC.[CH2-]CCC.[CH2-]CCC.[Mg+2]. The fourth-order valence-electron chi connectivity index (χ4n) is 0.677. The summed E-state index contributed by atoms with van der Waals surface area (Å²) in [5.74, 6) is 0. The van der Waals surface area contributed by atoms with Crippen molar-refractivity contribution >= 4 is 23.1 Å². The Labute approximate surface area is 122 Å². The van der Waals surface area contributed by atoms with Gasteiger partial charge in [-0.05, 0) is 0 Å². The molecule has 0 aliphatic rings. The Kier molecular flexibility index (Phi) is 57.6. The Morgan fingerprint density at radius 3 is 0.938 bits per heavy atom. The van der Waals surface area contributed by atoms with Gasteiger partial charge >= 0.3 is 23.1 Å². The zero-order chi connectivity index (χ0) is 12.4. The summed E-state index contributed by atoms with van der Waals surface area (Å²) < 4.78 is 0.